The van der Waals surface area contributed by atoms with E-state index in [9.17, 15) is 18.0 Å². The highest BCUT2D eigenvalue weighted by molar-refractivity contribution is 7.89. The Morgan fingerprint density at radius 1 is 1.06 bits per heavy atom. The molecule has 170 valence electrons. The van der Waals surface area contributed by atoms with Crippen LogP contribution in [0.1, 0.15) is 46.5 Å². The van der Waals surface area contributed by atoms with E-state index in [2.05, 4.69) is 38.0 Å². The summed E-state index contributed by atoms with van der Waals surface area (Å²) in [6.07, 6.45) is 5.06. The van der Waals surface area contributed by atoms with Crippen molar-refractivity contribution >= 4 is 27.5 Å². The summed E-state index contributed by atoms with van der Waals surface area (Å²) in [4.78, 5) is 24.1. The van der Waals surface area contributed by atoms with E-state index in [0.717, 1.165) is 25.7 Å². The molecule has 1 aromatic rings. The van der Waals surface area contributed by atoms with Gasteiger partial charge >= 0.3 is 0 Å². The van der Waals surface area contributed by atoms with Crippen LogP contribution in [0.15, 0.2) is 41.8 Å². The van der Waals surface area contributed by atoms with Crippen LogP contribution in [0, 0.1) is 17.3 Å². The summed E-state index contributed by atoms with van der Waals surface area (Å²) in [6, 6.07) is 6.07. The van der Waals surface area contributed by atoms with E-state index < -0.39 is 10.0 Å². The fourth-order valence-electron chi connectivity index (χ4n) is 4.31. The lowest BCUT2D eigenvalue weighted by molar-refractivity contribution is -0.121. The molecule has 1 saturated carbocycles. The Hall–Kier alpha value is -2.19. The normalized spacial score (nSPS) is 22.9. The van der Waals surface area contributed by atoms with E-state index in [1.54, 1.807) is 12.1 Å². The quantitative estimate of drug-likeness (QED) is 0.655. The number of anilines is 1. The number of amides is 2. The van der Waals surface area contributed by atoms with Gasteiger partial charge in [-0.15, -0.1) is 0 Å². The summed E-state index contributed by atoms with van der Waals surface area (Å²) in [7, 11) is -3.62. The van der Waals surface area contributed by atoms with Crippen molar-refractivity contribution in [1.82, 2.24) is 9.62 Å². The molecule has 0 spiro atoms. The molecule has 0 aromatic heterocycles. The molecule has 0 unspecified atom stereocenters. The van der Waals surface area contributed by atoms with Gasteiger partial charge in [-0.25, -0.2) is 8.42 Å². The first-order valence-corrected chi connectivity index (χ1v) is 12.3. The zero-order valence-corrected chi connectivity index (χ0v) is 19.4. The van der Waals surface area contributed by atoms with Crippen LogP contribution >= 0.6 is 0 Å². The average molecular weight is 448 g/mol. The van der Waals surface area contributed by atoms with Gasteiger partial charge in [0.1, 0.15) is 0 Å². The molecule has 1 saturated heterocycles. The van der Waals surface area contributed by atoms with E-state index in [1.165, 1.54) is 22.5 Å². The van der Waals surface area contributed by atoms with Crippen molar-refractivity contribution in [3.05, 3.63) is 36.9 Å². The van der Waals surface area contributed by atoms with Crippen molar-refractivity contribution < 1.29 is 18.0 Å². The summed E-state index contributed by atoms with van der Waals surface area (Å²) in [5.41, 5.74) is 0.873. The van der Waals surface area contributed by atoms with Crippen molar-refractivity contribution in [3.8, 4) is 0 Å². The molecule has 0 radical (unpaired) electrons. The van der Waals surface area contributed by atoms with Gasteiger partial charge in [-0.2, -0.15) is 4.31 Å². The minimum atomic E-state index is -3.62. The number of nitrogens with one attached hydrogen (secondary N) is 2. The number of benzene rings is 1. The third-order valence-electron chi connectivity index (χ3n) is 6.46. The maximum absolute atomic E-state index is 12.7. The Labute approximate surface area is 185 Å². The lowest BCUT2D eigenvalue weighted by atomic mass is 9.69. The highest BCUT2D eigenvalue weighted by Gasteiger charge is 2.37. The maximum Gasteiger partial charge on any atom is 0.243 e. The standard InChI is InChI=1S/C23H33N3O4S/c1-5-21(27)24-19-14-26(15-19)31(29,30)20-12-10-18(11-13-20)25-22(28)16-6-8-17(9-7-16)23(2,3)4/h5,10-13,16-17,19H,1,6-9,14-15H2,2-4H3,(H,24,27)(H,25,28). The van der Waals surface area contributed by atoms with E-state index in [0.29, 0.717) is 11.6 Å². The Morgan fingerprint density at radius 2 is 1.65 bits per heavy atom. The number of nitrogens with zero attached hydrogens (tertiary/aromatic N) is 1. The number of sulfonamides is 1. The van der Waals surface area contributed by atoms with Gasteiger partial charge in [-0.3, -0.25) is 9.59 Å². The Kier molecular flexibility index (Phi) is 6.91. The van der Waals surface area contributed by atoms with Gasteiger partial charge < -0.3 is 10.6 Å². The molecule has 2 N–H and O–H groups in total. The fraction of sp³-hybridized carbons (Fsp3) is 0.565. The number of carbonyl (C=O) groups is 2. The van der Waals surface area contributed by atoms with E-state index in [-0.39, 0.29) is 47.2 Å². The van der Waals surface area contributed by atoms with Crippen LogP contribution in [0.4, 0.5) is 5.69 Å². The van der Waals surface area contributed by atoms with Gasteiger partial charge in [-0.05, 0) is 67.4 Å². The van der Waals surface area contributed by atoms with Crippen molar-refractivity contribution in [3.63, 3.8) is 0 Å². The molecule has 0 bridgehead atoms. The topological polar surface area (TPSA) is 95.6 Å². The smallest absolute Gasteiger partial charge is 0.243 e. The van der Waals surface area contributed by atoms with Crippen LogP contribution in [-0.2, 0) is 19.6 Å². The van der Waals surface area contributed by atoms with Gasteiger partial charge in [0.2, 0.25) is 21.8 Å². The van der Waals surface area contributed by atoms with Crippen LogP contribution in [0.3, 0.4) is 0 Å². The van der Waals surface area contributed by atoms with Crippen molar-refractivity contribution in [2.24, 2.45) is 17.3 Å². The van der Waals surface area contributed by atoms with Gasteiger partial charge in [0.25, 0.3) is 0 Å². The fourth-order valence-corrected chi connectivity index (χ4v) is 5.84. The van der Waals surface area contributed by atoms with E-state index in [4.69, 9.17) is 0 Å². The van der Waals surface area contributed by atoms with Crippen molar-refractivity contribution in [2.75, 3.05) is 18.4 Å². The van der Waals surface area contributed by atoms with Crippen LogP contribution in [0.5, 0.6) is 0 Å². The van der Waals surface area contributed by atoms with Gasteiger partial charge in [-0.1, -0.05) is 27.4 Å². The van der Waals surface area contributed by atoms with Gasteiger partial charge in [0.15, 0.2) is 0 Å². The largest absolute Gasteiger partial charge is 0.347 e. The number of carbonyl (C=O) groups excluding carboxylic acids is 2. The first-order chi connectivity index (χ1) is 14.5. The minimum Gasteiger partial charge on any atom is -0.347 e. The van der Waals surface area contributed by atoms with Crippen LogP contribution in [-0.4, -0.2) is 43.7 Å². The summed E-state index contributed by atoms with van der Waals surface area (Å²) in [5, 5.41) is 5.61. The van der Waals surface area contributed by atoms with Gasteiger partial charge in [0.05, 0.1) is 10.9 Å². The molecule has 1 aliphatic heterocycles. The SMILES string of the molecule is C=CC(=O)NC1CN(S(=O)(=O)c2ccc(NC(=O)C3CCC(C(C)(C)C)CC3)cc2)C1. The molecule has 7 nitrogen and oxygen atoms in total. The Bertz CT molecular complexity index is 921. The number of hydrogen-bond donors (Lipinski definition) is 2. The first-order valence-electron chi connectivity index (χ1n) is 10.8. The molecular weight excluding hydrogens is 414 g/mol. The highest BCUT2D eigenvalue weighted by atomic mass is 32.2. The zero-order valence-electron chi connectivity index (χ0n) is 18.6. The predicted molar refractivity (Wildman–Crippen MR) is 121 cm³/mol. The molecule has 2 aliphatic rings. The Balaban J connectivity index is 1.53. The third-order valence-corrected chi connectivity index (χ3v) is 8.31. The molecule has 1 aliphatic carbocycles. The summed E-state index contributed by atoms with van der Waals surface area (Å²) in [6.45, 7) is 10.6. The third kappa shape index (κ3) is 5.54. The summed E-state index contributed by atoms with van der Waals surface area (Å²) >= 11 is 0. The molecule has 3 rings (SSSR count). The second kappa shape index (κ2) is 9.12. The molecule has 31 heavy (non-hydrogen) atoms. The summed E-state index contributed by atoms with van der Waals surface area (Å²) in [5.74, 6) is 0.346. The number of hydrogen-bond acceptors (Lipinski definition) is 4. The highest BCUT2D eigenvalue weighted by Crippen LogP contribution is 2.40. The molecule has 8 heteroatoms. The summed E-state index contributed by atoms with van der Waals surface area (Å²) < 4.78 is 26.7. The lowest BCUT2D eigenvalue weighted by Crippen LogP contribution is -2.60. The van der Waals surface area contributed by atoms with Crippen molar-refractivity contribution in [1.29, 1.82) is 0 Å². The molecule has 1 heterocycles. The average Bonchev–Trinajstić information content (AvgIpc) is 2.69. The maximum atomic E-state index is 12.7. The second-order valence-corrected chi connectivity index (χ2v) is 11.6. The van der Waals surface area contributed by atoms with E-state index in [1.807, 2.05) is 0 Å². The molecule has 0 atom stereocenters. The van der Waals surface area contributed by atoms with Crippen LogP contribution < -0.4 is 10.6 Å². The molecule has 2 fully saturated rings. The second-order valence-electron chi connectivity index (χ2n) is 9.66. The van der Waals surface area contributed by atoms with E-state index >= 15 is 0 Å². The van der Waals surface area contributed by atoms with Gasteiger partial charge in [0, 0.05) is 24.7 Å². The Morgan fingerprint density at radius 3 is 2.16 bits per heavy atom. The minimum absolute atomic E-state index is 0.00538. The first kappa shape index (κ1) is 23.5. The molecule has 1 aromatic carbocycles. The lowest BCUT2D eigenvalue weighted by Gasteiger charge is -2.38. The zero-order chi connectivity index (χ0) is 22.8. The predicted octanol–water partition coefficient (Wildman–Crippen LogP) is 3.15. The monoisotopic (exact) mass is 447 g/mol. The molecule has 2 amide bonds. The van der Waals surface area contributed by atoms with Crippen LogP contribution in [0.2, 0.25) is 0 Å². The molecular formula is C23H33N3O4S. The van der Waals surface area contributed by atoms with Crippen LogP contribution in [0.25, 0.3) is 0 Å². The number of rotatable bonds is 6. The van der Waals surface area contributed by atoms with Crippen molar-refractivity contribution in [2.45, 2.75) is 57.4 Å².